The molecule has 19 heavy (non-hydrogen) atoms. The topological polar surface area (TPSA) is 89.6 Å². The largest absolute Gasteiger partial charge is 0.430 e. The van der Waals surface area contributed by atoms with Gasteiger partial charge < -0.3 is 15.6 Å². The van der Waals surface area contributed by atoms with Gasteiger partial charge in [-0.25, -0.2) is 4.79 Å². The van der Waals surface area contributed by atoms with Gasteiger partial charge in [-0.05, 0) is 25.3 Å². The van der Waals surface area contributed by atoms with E-state index in [1.54, 1.807) is 24.3 Å². The quantitative estimate of drug-likeness (QED) is 0.865. The number of amides is 1. The van der Waals surface area contributed by atoms with Gasteiger partial charge in [-0.3, -0.25) is 4.79 Å². The van der Waals surface area contributed by atoms with Crippen LogP contribution in [0.5, 0.6) is 0 Å². The van der Waals surface area contributed by atoms with Crippen LogP contribution in [-0.4, -0.2) is 23.1 Å². The Morgan fingerprint density at radius 3 is 2.79 bits per heavy atom. The highest BCUT2D eigenvalue weighted by atomic mass is 35.5. The number of carbonyl (C=O) groups is 2. The molecule has 1 fully saturated rings. The van der Waals surface area contributed by atoms with Crippen LogP contribution in [-0.2, 0) is 15.1 Å². The lowest BCUT2D eigenvalue weighted by Gasteiger charge is -2.37. The highest BCUT2D eigenvalue weighted by molar-refractivity contribution is 6.31. The maximum atomic E-state index is 12.3. The first-order valence-corrected chi connectivity index (χ1v) is 6.31. The number of ketones is 1. The molecule has 0 bridgehead atoms. The molecule has 1 amide bonds. The number of nitrogens with two attached hydrogens (primary N) is 1. The third kappa shape index (κ3) is 2.43. The van der Waals surface area contributed by atoms with E-state index in [0.29, 0.717) is 23.4 Å². The van der Waals surface area contributed by atoms with Gasteiger partial charge in [0.15, 0.2) is 0 Å². The van der Waals surface area contributed by atoms with E-state index >= 15 is 0 Å². The minimum absolute atomic E-state index is 0.259. The summed E-state index contributed by atoms with van der Waals surface area (Å²) in [6.45, 7) is 0. The van der Waals surface area contributed by atoms with E-state index in [2.05, 4.69) is 0 Å². The summed E-state index contributed by atoms with van der Waals surface area (Å²) in [5, 5.41) is 10.1. The average molecular weight is 284 g/mol. The fourth-order valence-corrected chi connectivity index (χ4v) is 2.74. The summed E-state index contributed by atoms with van der Waals surface area (Å²) in [4.78, 5) is 23.4. The van der Waals surface area contributed by atoms with Crippen LogP contribution < -0.4 is 5.73 Å². The van der Waals surface area contributed by atoms with Crippen molar-refractivity contribution in [2.45, 2.75) is 31.0 Å². The van der Waals surface area contributed by atoms with E-state index in [1.165, 1.54) is 0 Å². The molecule has 1 aliphatic carbocycles. The predicted molar refractivity (Wildman–Crippen MR) is 68.7 cm³/mol. The number of hydrogen-bond donors (Lipinski definition) is 2. The number of Topliss-reactive ketones (excluding diaryl/α,β-unsaturated/α-hetero) is 1. The number of primary amides is 1. The number of benzene rings is 1. The van der Waals surface area contributed by atoms with E-state index in [-0.39, 0.29) is 6.42 Å². The van der Waals surface area contributed by atoms with Gasteiger partial charge in [0.05, 0.1) is 0 Å². The fourth-order valence-electron chi connectivity index (χ4n) is 2.45. The van der Waals surface area contributed by atoms with Crippen LogP contribution in [0.3, 0.4) is 0 Å². The molecule has 0 unspecified atom stereocenters. The monoisotopic (exact) mass is 283 g/mol. The summed E-state index contributed by atoms with van der Waals surface area (Å²) in [5.41, 5.74) is 3.84. The minimum Gasteiger partial charge on any atom is -0.430 e. The smallest absolute Gasteiger partial charge is 0.405 e. The van der Waals surface area contributed by atoms with Crippen molar-refractivity contribution in [3.8, 4) is 0 Å². The molecule has 3 N–H and O–H groups in total. The lowest BCUT2D eigenvalue weighted by Crippen LogP contribution is -2.50. The number of hydrogen-bond acceptors (Lipinski definition) is 4. The SMILES string of the molecule is NC(=O)O[C@]1(c2ccccc2Cl)CCC[C@@H](O)C1=O. The summed E-state index contributed by atoms with van der Waals surface area (Å²) in [6.07, 6.45) is -1.11. The molecule has 0 spiro atoms. The molecule has 0 radical (unpaired) electrons. The van der Waals surface area contributed by atoms with Gasteiger partial charge in [0.1, 0.15) is 6.10 Å². The summed E-state index contributed by atoms with van der Waals surface area (Å²) in [7, 11) is 0. The van der Waals surface area contributed by atoms with Crippen molar-refractivity contribution in [2.75, 3.05) is 0 Å². The molecule has 1 aromatic carbocycles. The second-order valence-electron chi connectivity index (χ2n) is 4.50. The first-order valence-electron chi connectivity index (χ1n) is 5.93. The summed E-state index contributed by atoms with van der Waals surface area (Å²) < 4.78 is 5.07. The average Bonchev–Trinajstić information content (AvgIpc) is 2.35. The molecule has 0 heterocycles. The zero-order chi connectivity index (χ0) is 14.0. The molecule has 1 saturated carbocycles. The normalized spacial score (nSPS) is 27.1. The van der Waals surface area contributed by atoms with Gasteiger partial charge in [-0.15, -0.1) is 0 Å². The zero-order valence-corrected chi connectivity index (χ0v) is 10.9. The first kappa shape index (κ1) is 13.8. The number of carbonyl (C=O) groups excluding carboxylic acids is 2. The van der Waals surface area contributed by atoms with Crippen molar-refractivity contribution in [1.29, 1.82) is 0 Å². The maximum Gasteiger partial charge on any atom is 0.405 e. The molecular weight excluding hydrogens is 270 g/mol. The van der Waals surface area contributed by atoms with E-state index < -0.39 is 23.6 Å². The molecule has 0 aromatic heterocycles. The van der Waals surface area contributed by atoms with Crippen molar-refractivity contribution in [1.82, 2.24) is 0 Å². The maximum absolute atomic E-state index is 12.3. The molecule has 6 heteroatoms. The van der Waals surface area contributed by atoms with Crippen LogP contribution >= 0.6 is 11.6 Å². The van der Waals surface area contributed by atoms with Gasteiger partial charge in [0, 0.05) is 10.6 Å². The molecule has 102 valence electrons. The third-order valence-electron chi connectivity index (χ3n) is 3.29. The molecule has 0 saturated heterocycles. The van der Waals surface area contributed by atoms with Crippen molar-refractivity contribution in [3.05, 3.63) is 34.9 Å². The Morgan fingerprint density at radius 1 is 1.47 bits per heavy atom. The number of rotatable bonds is 2. The lowest BCUT2D eigenvalue weighted by atomic mass is 9.77. The summed E-state index contributed by atoms with van der Waals surface area (Å²) >= 11 is 6.08. The standard InChI is InChI=1S/C13H14ClNO4/c14-9-5-2-1-4-8(9)13(19-12(15)18)7-3-6-10(16)11(13)17/h1-2,4-5,10,16H,3,6-7H2,(H2,15,18)/t10-,13+/m1/s1. The lowest BCUT2D eigenvalue weighted by molar-refractivity contribution is -0.153. The molecule has 2 atom stereocenters. The molecule has 0 aliphatic heterocycles. The number of aliphatic hydroxyl groups excluding tert-OH is 1. The Bertz CT molecular complexity index is 519. The molecule has 2 rings (SSSR count). The van der Waals surface area contributed by atoms with Crippen LogP contribution in [0.25, 0.3) is 0 Å². The second-order valence-corrected chi connectivity index (χ2v) is 4.91. The van der Waals surface area contributed by atoms with Gasteiger partial charge in [-0.2, -0.15) is 0 Å². The van der Waals surface area contributed by atoms with Gasteiger partial charge >= 0.3 is 6.09 Å². The van der Waals surface area contributed by atoms with Crippen molar-refractivity contribution in [3.63, 3.8) is 0 Å². The Hall–Kier alpha value is -1.59. The minimum atomic E-state index is -1.58. The van der Waals surface area contributed by atoms with E-state index in [1.807, 2.05) is 0 Å². The highest BCUT2D eigenvalue weighted by Gasteiger charge is 2.49. The highest BCUT2D eigenvalue weighted by Crippen LogP contribution is 2.41. The number of aliphatic hydroxyl groups is 1. The van der Waals surface area contributed by atoms with Crippen LogP contribution in [0, 0.1) is 0 Å². The first-order chi connectivity index (χ1) is 8.97. The Labute approximate surface area is 115 Å². The summed E-state index contributed by atoms with van der Waals surface area (Å²) in [5.74, 6) is -0.578. The fraction of sp³-hybridized carbons (Fsp3) is 0.385. The van der Waals surface area contributed by atoms with Crippen LogP contribution in [0.4, 0.5) is 4.79 Å². The van der Waals surface area contributed by atoms with Crippen molar-refractivity contribution >= 4 is 23.5 Å². The van der Waals surface area contributed by atoms with Crippen molar-refractivity contribution in [2.24, 2.45) is 5.73 Å². The second kappa shape index (κ2) is 5.19. The molecule has 1 aromatic rings. The van der Waals surface area contributed by atoms with Gasteiger partial charge in [-0.1, -0.05) is 29.8 Å². The Kier molecular flexibility index (Phi) is 3.78. The molecular formula is C13H14ClNO4. The molecule has 1 aliphatic rings. The summed E-state index contributed by atoms with van der Waals surface area (Å²) in [6, 6.07) is 6.58. The zero-order valence-electron chi connectivity index (χ0n) is 10.1. The van der Waals surface area contributed by atoms with Crippen molar-refractivity contribution < 1.29 is 19.4 Å². The van der Waals surface area contributed by atoms with Crippen LogP contribution in [0.15, 0.2) is 24.3 Å². The van der Waals surface area contributed by atoms with Crippen LogP contribution in [0.2, 0.25) is 5.02 Å². The Morgan fingerprint density at radius 2 is 2.16 bits per heavy atom. The number of ether oxygens (including phenoxy) is 1. The predicted octanol–water partition coefficient (Wildman–Crippen LogP) is 1.74. The van der Waals surface area contributed by atoms with Gasteiger partial charge in [0.25, 0.3) is 0 Å². The Balaban J connectivity index is 2.54. The van der Waals surface area contributed by atoms with Gasteiger partial charge in [0.2, 0.25) is 11.4 Å². The van der Waals surface area contributed by atoms with E-state index in [9.17, 15) is 14.7 Å². The molecule has 5 nitrogen and oxygen atoms in total. The third-order valence-corrected chi connectivity index (χ3v) is 3.62. The van der Waals surface area contributed by atoms with E-state index in [0.717, 1.165) is 0 Å². The number of halogens is 1. The van der Waals surface area contributed by atoms with Crippen LogP contribution in [0.1, 0.15) is 24.8 Å². The van der Waals surface area contributed by atoms with E-state index in [4.69, 9.17) is 22.1 Å².